The van der Waals surface area contributed by atoms with Crippen molar-refractivity contribution < 1.29 is 4.79 Å². The van der Waals surface area contributed by atoms with Crippen molar-refractivity contribution in [3.63, 3.8) is 0 Å². The average molecular weight is 286 g/mol. The molecule has 0 radical (unpaired) electrons. The maximum atomic E-state index is 12.5. The zero-order valence-electron chi connectivity index (χ0n) is 12.8. The van der Waals surface area contributed by atoms with Crippen LogP contribution in [0.15, 0.2) is 30.3 Å². The molecule has 0 atom stereocenters. The Morgan fingerprint density at radius 3 is 2.19 bits per heavy atom. The Morgan fingerprint density at radius 2 is 1.52 bits per heavy atom. The molecule has 3 nitrogen and oxygen atoms in total. The van der Waals surface area contributed by atoms with Gasteiger partial charge in [-0.1, -0.05) is 30.3 Å². The number of rotatable bonds is 2. The van der Waals surface area contributed by atoms with Gasteiger partial charge in [0.1, 0.15) is 0 Å². The van der Waals surface area contributed by atoms with Crippen LogP contribution < -0.4 is 0 Å². The van der Waals surface area contributed by atoms with E-state index in [1.54, 1.807) is 0 Å². The standard InChI is InChI=1S/C18H26N2O/c21-18(19-11-5-2-6-12-19)20-13-9-17(10-14-20)15-16-7-3-1-4-8-16/h1,3-4,7-8,17H,2,5-6,9-15H2. The Morgan fingerprint density at radius 1 is 0.905 bits per heavy atom. The maximum Gasteiger partial charge on any atom is 0.319 e. The molecule has 21 heavy (non-hydrogen) atoms. The van der Waals surface area contributed by atoms with Gasteiger partial charge in [-0.15, -0.1) is 0 Å². The maximum absolute atomic E-state index is 12.5. The van der Waals surface area contributed by atoms with E-state index in [4.69, 9.17) is 0 Å². The van der Waals surface area contributed by atoms with Crippen molar-refractivity contribution in [2.24, 2.45) is 5.92 Å². The van der Waals surface area contributed by atoms with Crippen LogP contribution in [0.5, 0.6) is 0 Å². The topological polar surface area (TPSA) is 23.6 Å². The largest absolute Gasteiger partial charge is 0.325 e. The minimum atomic E-state index is 0.285. The lowest BCUT2D eigenvalue weighted by molar-refractivity contribution is 0.125. The third-order valence-corrected chi connectivity index (χ3v) is 4.88. The molecule has 0 unspecified atom stereocenters. The molecule has 2 saturated heterocycles. The number of hydrogen-bond acceptors (Lipinski definition) is 1. The quantitative estimate of drug-likeness (QED) is 0.815. The second-order valence-electron chi connectivity index (χ2n) is 6.45. The van der Waals surface area contributed by atoms with E-state index in [0.29, 0.717) is 0 Å². The first-order valence-corrected chi connectivity index (χ1v) is 8.41. The molecule has 0 spiro atoms. The Labute approximate surface area is 127 Å². The number of piperidine rings is 2. The van der Waals surface area contributed by atoms with E-state index in [-0.39, 0.29) is 6.03 Å². The molecule has 0 bridgehead atoms. The van der Waals surface area contributed by atoms with Gasteiger partial charge in [0.05, 0.1) is 0 Å². The van der Waals surface area contributed by atoms with Crippen molar-refractivity contribution in [2.75, 3.05) is 26.2 Å². The zero-order chi connectivity index (χ0) is 14.5. The van der Waals surface area contributed by atoms with E-state index in [1.165, 1.54) is 24.8 Å². The fourth-order valence-corrected chi connectivity index (χ4v) is 3.56. The summed E-state index contributed by atoms with van der Waals surface area (Å²) in [5.41, 5.74) is 1.43. The molecule has 3 rings (SSSR count). The van der Waals surface area contributed by atoms with E-state index >= 15 is 0 Å². The van der Waals surface area contributed by atoms with Gasteiger partial charge in [0.25, 0.3) is 0 Å². The molecule has 1 aromatic rings. The summed E-state index contributed by atoms with van der Waals surface area (Å²) < 4.78 is 0. The van der Waals surface area contributed by atoms with E-state index in [1.807, 2.05) is 0 Å². The number of carbonyl (C=O) groups is 1. The fourth-order valence-electron chi connectivity index (χ4n) is 3.56. The first-order chi connectivity index (χ1) is 10.3. The molecule has 114 valence electrons. The van der Waals surface area contributed by atoms with Gasteiger partial charge in [0.2, 0.25) is 0 Å². The van der Waals surface area contributed by atoms with E-state index < -0.39 is 0 Å². The van der Waals surface area contributed by atoms with Crippen LogP contribution in [-0.2, 0) is 6.42 Å². The van der Waals surface area contributed by atoms with Crippen molar-refractivity contribution in [3.8, 4) is 0 Å². The molecule has 2 heterocycles. The highest BCUT2D eigenvalue weighted by Crippen LogP contribution is 2.23. The summed E-state index contributed by atoms with van der Waals surface area (Å²) in [6.07, 6.45) is 7.09. The van der Waals surface area contributed by atoms with Crippen LogP contribution in [0.3, 0.4) is 0 Å². The Kier molecular flexibility index (Phi) is 4.79. The number of nitrogens with zero attached hydrogens (tertiary/aromatic N) is 2. The molecule has 3 heteroatoms. The van der Waals surface area contributed by atoms with E-state index in [2.05, 4.69) is 40.1 Å². The number of amides is 2. The van der Waals surface area contributed by atoms with Crippen LogP contribution in [0.4, 0.5) is 4.79 Å². The van der Waals surface area contributed by atoms with Crippen LogP contribution >= 0.6 is 0 Å². The minimum Gasteiger partial charge on any atom is -0.325 e. The summed E-state index contributed by atoms with van der Waals surface area (Å²) in [7, 11) is 0. The zero-order valence-corrected chi connectivity index (χ0v) is 12.8. The predicted octanol–water partition coefficient (Wildman–Crippen LogP) is 3.55. The Hall–Kier alpha value is -1.51. The van der Waals surface area contributed by atoms with Gasteiger partial charge in [-0.2, -0.15) is 0 Å². The number of carbonyl (C=O) groups excluding carboxylic acids is 1. The lowest BCUT2D eigenvalue weighted by atomic mass is 9.90. The van der Waals surface area contributed by atoms with Crippen molar-refractivity contribution in [1.29, 1.82) is 0 Å². The average Bonchev–Trinajstić information content (AvgIpc) is 2.57. The van der Waals surface area contributed by atoms with Gasteiger partial charge in [-0.3, -0.25) is 0 Å². The summed E-state index contributed by atoms with van der Waals surface area (Å²) in [6, 6.07) is 11.0. The third kappa shape index (κ3) is 3.78. The van der Waals surface area contributed by atoms with Crippen LogP contribution in [0.25, 0.3) is 0 Å². The highest BCUT2D eigenvalue weighted by atomic mass is 16.2. The van der Waals surface area contributed by atoms with Crippen LogP contribution in [0.1, 0.15) is 37.7 Å². The van der Waals surface area contributed by atoms with Crippen LogP contribution in [0, 0.1) is 5.92 Å². The van der Waals surface area contributed by atoms with Gasteiger partial charge >= 0.3 is 6.03 Å². The van der Waals surface area contributed by atoms with Gasteiger partial charge in [-0.25, -0.2) is 4.79 Å². The molecular formula is C18H26N2O. The molecule has 2 aliphatic heterocycles. The van der Waals surface area contributed by atoms with Gasteiger partial charge in [0, 0.05) is 26.2 Å². The molecular weight excluding hydrogens is 260 g/mol. The SMILES string of the molecule is O=C(N1CCCCC1)N1CCC(Cc2ccccc2)CC1. The van der Waals surface area contributed by atoms with Crippen molar-refractivity contribution in [2.45, 2.75) is 38.5 Å². The number of hydrogen-bond donors (Lipinski definition) is 0. The Bertz CT molecular complexity index is 446. The Balaban J connectivity index is 1.47. The van der Waals surface area contributed by atoms with Crippen LogP contribution in [0.2, 0.25) is 0 Å². The van der Waals surface area contributed by atoms with Gasteiger partial charge < -0.3 is 9.80 Å². The minimum absolute atomic E-state index is 0.285. The summed E-state index contributed by atoms with van der Waals surface area (Å²) in [5, 5.41) is 0. The summed E-state index contributed by atoms with van der Waals surface area (Å²) in [4.78, 5) is 16.6. The molecule has 0 N–H and O–H groups in total. The molecule has 0 saturated carbocycles. The lowest BCUT2D eigenvalue weighted by Crippen LogP contribution is -2.48. The predicted molar refractivity (Wildman–Crippen MR) is 85.3 cm³/mol. The molecule has 1 aromatic carbocycles. The van der Waals surface area contributed by atoms with Crippen molar-refractivity contribution in [3.05, 3.63) is 35.9 Å². The van der Waals surface area contributed by atoms with Crippen molar-refractivity contribution in [1.82, 2.24) is 9.80 Å². The normalized spacial score (nSPS) is 20.6. The second kappa shape index (κ2) is 6.97. The first kappa shape index (κ1) is 14.4. The first-order valence-electron chi connectivity index (χ1n) is 8.41. The number of likely N-dealkylation sites (tertiary alicyclic amines) is 2. The molecule has 0 aliphatic carbocycles. The smallest absolute Gasteiger partial charge is 0.319 e. The lowest BCUT2D eigenvalue weighted by Gasteiger charge is -2.37. The monoisotopic (exact) mass is 286 g/mol. The number of benzene rings is 1. The number of urea groups is 1. The molecule has 2 aliphatic rings. The second-order valence-corrected chi connectivity index (χ2v) is 6.45. The summed E-state index contributed by atoms with van der Waals surface area (Å²) in [6.45, 7) is 3.80. The summed E-state index contributed by atoms with van der Waals surface area (Å²) >= 11 is 0. The van der Waals surface area contributed by atoms with E-state index in [0.717, 1.165) is 51.4 Å². The third-order valence-electron chi connectivity index (χ3n) is 4.88. The van der Waals surface area contributed by atoms with Crippen molar-refractivity contribution >= 4 is 6.03 Å². The highest BCUT2D eigenvalue weighted by molar-refractivity contribution is 5.74. The molecule has 2 fully saturated rings. The summed E-state index contributed by atoms with van der Waals surface area (Å²) in [5.74, 6) is 0.734. The fraction of sp³-hybridized carbons (Fsp3) is 0.611. The van der Waals surface area contributed by atoms with E-state index in [9.17, 15) is 4.79 Å². The van der Waals surface area contributed by atoms with Gasteiger partial charge in [-0.05, 0) is 50.0 Å². The van der Waals surface area contributed by atoms with Gasteiger partial charge in [0.15, 0.2) is 0 Å². The van der Waals surface area contributed by atoms with Crippen LogP contribution in [-0.4, -0.2) is 42.0 Å². The molecule has 2 amide bonds. The molecule has 0 aromatic heterocycles. The highest BCUT2D eigenvalue weighted by Gasteiger charge is 2.26.